The van der Waals surface area contributed by atoms with E-state index in [1.54, 1.807) is 0 Å². The Morgan fingerprint density at radius 1 is 1.20 bits per heavy atom. The highest BCUT2D eigenvalue weighted by atomic mass is 19.2. The van der Waals surface area contributed by atoms with Gasteiger partial charge in [-0.15, -0.1) is 0 Å². The van der Waals surface area contributed by atoms with E-state index < -0.39 is 28.7 Å². The van der Waals surface area contributed by atoms with E-state index >= 15 is 0 Å². The summed E-state index contributed by atoms with van der Waals surface area (Å²) in [5.74, 6) is -5.29. The molecule has 3 N–H and O–H groups in total. The third kappa shape index (κ3) is 1.38. The molecule has 1 aliphatic rings. The molecule has 15 heavy (non-hydrogen) atoms. The Morgan fingerprint density at radius 2 is 1.80 bits per heavy atom. The maximum Gasteiger partial charge on any atom is 0.203 e. The van der Waals surface area contributed by atoms with Crippen LogP contribution in [-0.4, -0.2) is 5.11 Å². The third-order valence-corrected chi connectivity index (χ3v) is 2.92. The van der Waals surface area contributed by atoms with E-state index in [0.717, 1.165) is 12.5 Å². The Hall–Kier alpha value is -1.23. The number of hydrogen-bond acceptors (Lipinski definition) is 2. The standard InChI is InChI=1S/C10H10F3NO/c11-6-4-5(10(14)2-1-3-10)7(12)9(15)8(6)13/h4,15H,1-3,14H2. The molecule has 0 heterocycles. The number of phenols is 1. The number of nitrogens with two attached hydrogens (primary N) is 1. The van der Waals surface area contributed by atoms with Gasteiger partial charge in [0.1, 0.15) is 0 Å². The first-order chi connectivity index (χ1) is 6.96. The molecule has 0 amide bonds. The Balaban J connectivity index is 2.58. The molecule has 1 aliphatic carbocycles. The van der Waals surface area contributed by atoms with Crippen molar-refractivity contribution in [1.82, 2.24) is 0 Å². The van der Waals surface area contributed by atoms with Crippen LogP contribution in [0.15, 0.2) is 6.07 Å². The van der Waals surface area contributed by atoms with E-state index in [4.69, 9.17) is 10.8 Å². The van der Waals surface area contributed by atoms with Crippen LogP contribution in [0.5, 0.6) is 5.75 Å². The van der Waals surface area contributed by atoms with Gasteiger partial charge in [0.15, 0.2) is 17.4 Å². The minimum atomic E-state index is -1.57. The van der Waals surface area contributed by atoms with Gasteiger partial charge in [0, 0.05) is 11.1 Å². The van der Waals surface area contributed by atoms with E-state index in [1.165, 1.54) is 0 Å². The highest BCUT2D eigenvalue weighted by Crippen LogP contribution is 2.42. The largest absolute Gasteiger partial charge is 0.503 e. The summed E-state index contributed by atoms with van der Waals surface area (Å²) in [6.45, 7) is 0. The van der Waals surface area contributed by atoms with Gasteiger partial charge in [0.05, 0.1) is 0 Å². The summed E-state index contributed by atoms with van der Waals surface area (Å²) in [5.41, 5.74) is 4.66. The highest BCUT2D eigenvalue weighted by molar-refractivity contribution is 5.37. The van der Waals surface area contributed by atoms with Crippen molar-refractivity contribution in [3.05, 3.63) is 29.1 Å². The molecule has 0 spiro atoms. The summed E-state index contributed by atoms with van der Waals surface area (Å²) in [6, 6.07) is 0.726. The summed E-state index contributed by atoms with van der Waals surface area (Å²) in [7, 11) is 0. The fourth-order valence-corrected chi connectivity index (χ4v) is 1.78. The van der Waals surface area contributed by atoms with Crippen molar-refractivity contribution in [2.45, 2.75) is 24.8 Å². The van der Waals surface area contributed by atoms with Gasteiger partial charge in [-0.2, -0.15) is 4.39 Å². The van der Waals surface area contributed by atoms with Crippen molar-refractivity contribution in [2.24, 2.45) is 5.73 Å². The van der Waals surface area contributed by atoms with Crippen LogP contribution in [0.1, 0.15) is 24.8 Å². The van der Waals surface area contributed by atoms with Crippen molar-refractivity contribution < 1.29 is 18.3 Å². The lowest BCUT2D eigenvalue weighted by Crippen LogP contribution is -2.44. The summed E-state index contributed by atoms with van der Waals surface area (Å²) in [6.07, 6.45) is 1.83. The van der Waals surface area contributed by atoms with Gasteiger partial charge in [-0.3, -0.25) is 0 Å². The molecule has 0 bridgehead atoms. The highest BCUT2D eigenvalue weighted by Gasteiger charge is 2.38. The fraction of sp³-hybridized carbons (Fsp3) is 0.400. The SMILES string of the molecule is NC1(c2cc(F)c(F)c(O)c2F)CCC1. The predicted octanol–water partition coefficient (Wildman–Crippen LogP) is 2.15. The monoisotopic (exact) mass is 217 g/mol. The van der Waals surface area contributed by atoms with Gasteiger partial charge in [-0.05, 0) is 25.3 Å². The summed E-state index contributed by atoms with van der Waals surface area (Å²) in [5, 5.41) is 9.01. The molecule has 0 radical (unpaired) electrons. The summed E-state index contributed by atoms with van der Waals surface area (Å²) in [4.78, 5) is 0. The van der Waals surface area contributed by atoms with Crippen LogP contribution < -0.4 is 5.73 Å². The second-order valence-electron chi connectivity index (χ2n) is 3.89. The van der Waals surface area contributed by atoms with Gasteiger partial charge >= 0.3 is 0 Å². The zero-order chi connectivity index (χ0) is 11.2. The summed E-state index contributed by atoms with van der Waals surface area (Å²) >= 11 is 0. The van der Waals surface area contributed by atoms with Crippen molar-refractivity contribution in [2.75, 3.05) is 0 Å². The quantitative estimate of drug-likeness (QED) is 0.708. The summed E-state index contributed by atoms with van der Waals surface area (Å²) < 4.78 is 39.2. The minimum absolute atomic E-state index is 0.148. The van der Waals surface area contributed by atoms with Crippen LogP contribution in [0, 0.1) is 17.5 Å². The predicted molar refractivity (Wildman–Crippen MR) is 47.7 cm³/mol. The van der Waals surface area contributed by atoms with Crippen molar-refractivity contribution >= 4 is 0 Å². The first kappa shape index (κ1) is 10.3. The molecule has 0 aliphatic heterocycles. The van der Waals surface area contributed by atoms with E-state index in [2.05, 4.69) is 0 Å². The van der Waals surface area contributed by atoms with Crippen molar-refractivity contribution in [3.63, 3.8) is 0 Å². The van der Waals surface area contributed by atoms with Crippen LogP contribution in [0.2, 0.25) is 0 Å². The van der Waals surface area contributed by atoms with Crippen molar-refractivity contribution in [1.29, 1.82) is 0 Å². The molecule has 2 rings (SSSR count). The van der Waals surface area contributed by atoms with Gasteiger partial charge in [0.25, 0.3) is 0 Å². The van der Waals surface area contributed by atoms with Gasteiger partial charge in [0.2, 0.25) is 5.82 Å². The first-order valence-corrected chi connectivity index (χ1v) is 4.61. The van der Waals surface area contributed by atoms with Crippen LogP contribution in [-0.2, 0) is 5.54 Å². The zero-order valence-electron chi connectivity index (χ0n) is 7.86. The first-order valence-electron chi connectivity index (χ1n) is 4.61. The Bertz CT molecular complexity index is 416. The molecule has 82 valence electrons. The number of halogens is 3. The molecule has 1 aromatic rings. The van der Waals surface area contributed by atoms with Crippen LogP contribution in [0.3, 0.4) is 0 Å². The fourth-order valence-electron chi connectivity index (χ4n) is 1.78. The Kier molecular flexibility index (Phi) is 2.15. The number of aromatic hydroxyl groups is 1. The second-order valence-corrected chi connectivity index (χ2v) is 3.89. The molecule has 0 unspecified atom stereocenters. The molecule has 2 nitrogen and oxygen atoms in total. The van der Waals surface area contributed by atoms with E-state index in [-0.39, 0.29) is 5.56 Å². The lowest BCUT2D eigenvalue weighted by atomic mass is 9.72. The van der Waals surface area contributed by atoms with Gasteiger partial charge in [-0.25, -0.2) is 8.78 Å². The lowest BCUT2D eigenvalue weighted by Gasteiger charge is -2.38. The molecule has 1 saturated carbocycles. The van der Waals surface area contributed by atoms with E-state index in [1.807, 2.05) is 0 Å². The maximum absolute atomic E-state index is 13.4. The number of benzene rings is 1. The molecule has 1 aromatic carbocycles. The molecule has 5 heteroatoms. The van der Waals surface area contributed by atoms with Crippen molar-refractivity contribution in [3.8, 4) is 5.75 Å². The average molecular weight is 217 g/mol. The number of hydrogen-bond donors (Lipinski definition) is 2. The molecule has 0 atom stereocenters. The Morgan fingerprint density at radius 3 is 2.27 bits per heavy atom. The van der Waals surface area contributed by atoms with Crippen LogP contribution >= 0.6 is 0 Å². The molecule has 1 fully saturated rings. The minimum Gasteiger partial charge on any atom is -0.503 e. The van der Waals surface area contributed by atoms with Crippen LogP contribution in [0.25, 0.3) is 0 Å². The normalized spacial score (nSPS) is 18.7. The number of phenolic OH excluding ortho intramolecular Hbond substituents is 1. The third-order valence-electron chi connectivity index (χ3n) is 2.92. The van der Waals surface area contributed by atoms with Gasteiger partial charge < -0.3 is 10.8 Å². The average Bonchev–Trinajstić information content (AvgIpc) is 2.17. The maximum atomic E-state index is 13.4. The zero-order valence-corrected chi connectivity index (χ0v) is 7.86. The lowest BCUT2D eigenvalue weighted by molar-refractivity contribution is 0.239. The van der Waals surface area contributed by atoms with E-state index in [0.29, 0.717) is 12.8 Å². The molecular weight excluding hydrogens is 207 g/mol. The van der Waals surface area contributed by atoms with E-state index in [9.17, 15) is 13.2 Å². The number of rotatable bonds is 1. The van der Waals surface area contributed by atoms with Crippen LogP contribution in [0.4, 0.5) is 13.2 Å². The smallest absolute Gasteiger partial charge is 0.203 e. The Labute approximate surface area is 84.5 Å². The molecule has 0 saturated heterocycles. The van der Waals surface area contributed by atoms with Gasteiger partial charge in [-0.1, -0.05) is 0 Å². The second kappa shape index (κ2) is 3.13. The molecular formula is C10H10F3NO. The topological polar surface area (TPSA) is 46.2 Å². The molecule has 0 aromatic heterocycles.